The maximum atomic E-state index is 12.2. The van der Waals surface area contributed by atoms with E-state index in [1.54, 1.807) is 0 Å². The molecule has 0 saturated carbocycles. The molecule has 92 valence electrons. The van der Waals surface area contributed by atoms with Gasteiger partial charge in [0.15, 0.2) is 5.69 Å². The van der Waals surface area contributed by atoms with E-state index in [1.807, 2.05) is 13.8 Å². The highest BCUT2D eigenvalue weighted by Crippen LogP contribution is 2.27. The fourth-order valence-corrected chi connectivity index (χ4v) is 1.11. The van der Waals surface area contributed by atoms with Gasteiger partial charge in [-0.3, -0.25) is 4.68 Å². The van der Waals surface area contributed by atoms with E-state index in [9.17, 15) is 13.2 Å². The van der Waals surface area contributed by atoms with E-state index in [-0.39, 0.29) is 0 Å². The maximum Gasteiger partial charge on any atom is 0.435 e. The Morgan fingerprint density at radius 2 is 2.12 bits per heavy atom. The average molecular weight is 236 g/mol. The standard InChI is InChI=1S/C10H15F3N2O/c1-8(2)7-16-6-5-15-4-3-9(14-15)10(11,12)13/h3-4,8H,5-7H2,1-2H3. The zero-order valence-corrected chi connectivity index (χ0v) is 9.29. The van der Waals surface area contributed by atoms with E-state index in [2.05, 4.69) is 5.10 Å². The van der Waals surface area contributed by atoms with E-state index < -0.39 is 11.9 Å². The summed E-state index contributed by atoms with van der Waals surface area (Å²) in [5.74, 6) is 0.420. The molecule has 3 nitrogen and oxygen atoms in total. The number of aromatic nitrogens is 2. The third-order valence-electron chi connectivity index (χ3n) is 1.85. The molecular formula is C10H15F3N2O. The predicted molar refractivity (Wildman–Crippen MR) is 52.9 cm³/mol. The lowest BCUT2D eigenvalue weighted by Crippen LogP contribution is -2.12. The molecule has 0 aliphatic heterocycles. The van der Waals surface area contributed by atoms with Crippen molar-refractivity contribution in [2.75, 3.05) is 13.2 Å². The highest BCUT2D eigenvalue weighted by molar-refractivity contribution is 5.03. The van der Waals surface area contributed by atoms with Crippen molar-refractivity contribution in [3.05, 3.63) is 18.0 Å². The fraction of sp³-hybridized carbons (Fsp3) is 0.700. The van der Waals surface area contributed by atoms with E-state index in [0.29, 0.717) is 25.7 Å². The summed E-state index contributed by atoms with van der Waals surface area (Å²) in [5.41, 5.74) is -0.864. The van der Waals surface area contributed by atoms with Gasteiger partial charge >= 0.3 is 6.18 Å². The summed E-state index contributed by atoms with van der Waals surface area (Å²) >= 11 is 0. The summed E-state index contributed by atoms with van der Waals surface area (Å²) in [6.07, 6.45) is -3.06. The largest absolute Gasteiger partial charge is 0.435 e. The lowest BCUT2D eigenvalue weighted by molar-refractivity contribution is -0.141. The molecular weight excluding hydrogens is 221 g/mol. The van der Waals surface area contributed by atoms with E-state index in [0.717, 1.165) is 6.07 Å². The number of hydrogen-bond donors (Lipinski definition) is 0. The van der Waals surface area contributed by atoms with Crippen LogP contribution in [0.25, 0.3) is 0 Å². The van der Waals surface area contributed by atoms with Crippen LogP contribution in [0, 0.1) is 5.92 Å². The molecule has 0 N–H and O–H groups in total. The van der Waals surface area contributed by atoms with Gasteiger partial charge in [0.05, 0.1) is 13.2 Å². The molecule has 0 amide bonds. The summed E-state index contributed by atoms with van der Waals surface area (Å²) in [5, 5.41) is 3.41. The van der Waals surface area contributed by atoms with Crippen molar-refractivity contribution < 1.29 is 17.9 Å². The van der Waals surface area contributed by atoms with Crippen molar-refractivity contribution >= 4 is 0 Å². The minimum atomic E-state index is -4.37. The average Bonchev–Trinajstić information content (AvgIpc) is 2.59. The molecule has 1 aromatic rings. The normalized spacial score (nSPS) is 12.4. The van der Waals surface area contributed by atoms with Crippen molar-refractivity contribution in [1.29, 1.82) is 0 Å². The molecule has 1 heterocycles. The molecule has 0 unspecified atom stereocenters. The first-order valence-corrected chi connectivity index (χ1v) is 5.08. The minimum Gasteiger partial charge on any atom is -0.379 e. The van der Waals surface area contributed by atoms with Crippen LogP contribution in [0.4, 0.5) is 13.2 Å². The second kappa shape index (κ2) is 5.34. The van der Waals surface area contributed by atoms with E-state index in [1.165, 1.54) is 10.9 Å². The summed E-state index contributed by atoms with van der Waals surface area (Å²) in [6, 6.07) is 0.961. The topological polar surface area (TPSA) is 27.1 Å². The second-order valence-electron chi connectivity index (χ2n) is 3.93. The fourth-order valence-electron chi connectivity index (χ4n) is 1.11. The molecule has 0 atom stereocenters. The Labute approximate surface area is 92.2 Å². The van der Waals surface area contributed by atoms with Crippen LogP contribution < -0.4 is 0 Å². The smallest absolute Gasteiger partial charge is 0.379 e. The summed E-state index contributed by atoms with van der Waals surface area (Å²) in [4.78, 5) is 0. The number of halogens is 3. The van der Waals surface area contributed by atoms with Crippen molar-refractivity contribution in [2.24, 2.45) is 5.92 Å². The molecule has 0 spiro atoms. The van der Waals surface area contributed by atoms with Crippen LogP contribution in [0.15, 0.2) is 12.3 Å². The highest BCUT2D eigenvalue weighted by Gasteiger charge is 2.33. The second-order valence-corrected chi connectivity index (χ2v) is 3.93. The first-order chi connectivity index (χ1) is 7.39. The van der Waals surface area contributed by atoms with Gasteiger partial charge in [-0.25, -0.2) is 0 Å². The molecule has 1 aromatic heterocycles. The zero-order chi connectivity index (χ0) is 12.2. The molecule has 1 rings (SSSR count). The van der Waals surface area contributed by atoms with Crippen LogP contribution in [0.2, 0.25) is 0 Å². The van der Waals surface area contributed by atoms with E-state index >= 15 is 0 Å². The molecule has 0 aliphatic carbocycles. The Morgan fingerprint density at radius 1 is 1.44 bits per heavy atom. The number of nitrogens with zero attached hydrogens (tertiary/aromatic N) is 2. The van der Waals surface area contributed by atoms with Gasteiger partial charge in [-0.05, 0) is 12.0 Å². The van der Waals surface area contributed by atoms with Gasteiger partial charge in [-0.2, -0.15) is 18.3 Å². The quantitative estimate of drug-likeness (QED) is 0.735. The lowest BCUT2D eigenvalue weighted by atomic mass is 10.2. The Balaban J connectivity index is 2.36. The van der Waals surface area contributed by atoms with Crippen molar-refractivity contribution in [1.82, 2.24) is 9.78 Å². The van der Waals surface area contributed by atoms with Gasteiger partial charge in [0.2, 0.25) is 0 Å². The van der Waals surface area contributed by atoms with Gasteiger partial charge in [-0.15, -0.1) is 0 Å². The molecule has 6 heteroatoms. The van der Waals surface area contributed by atoms with Crippen molar-refractivity contribution in [2.45, 2.75) is 26.6 Å². The molecule has 0 aliphatic rings. The Kier molecular flexibility index (Phi) is 4.35. The monoisotopic (exact) mass is 236 g/mol. The van der Waals surface area contributed by atoms with Gasteiger partial charge in [0, 0.05) is 12.8 Å². The molecule has 0 bridgehead atoms. The van der Waals surface area contributed by atoms with Crippen molar-refractivity contribution in [3.8, 4) is 0 Å². The molecule has 16 heavy (non-hydrogen) atoms. The van der Waals surface area contributed by atoms with Gasteiger partial charge in [0.25, 0.3) is 0 Å². The van der Waals surface area contributed by atoms with Gasteiger partial charge in [-0.1, -0.05) is 13.8 Å². The first kappa shape index (κ1) is 13.0. The van der Waals surface area contributed by atoms with E-state index in [4.69, 9.17) is 4.74 Å². The van der Waals surface area contributed by atoms with Crippen molar-refractivity contribution in [3.63, 3.8) is 0 Å². The summed E-state index contributed by atoms with van der Waals surface area (Å²) in [6.45, 7) is 5.33. The minimum absolute atomic E-state index is 0.336. The molecule has 0 fully saturated rings. The van der Waals surface area contributed by atoms with Gasteiger partial charge < -0.3 is 4.74 Å². The Morgan fingerprint density at radius 3 is 2.62 bits per heavy atom. The summed E-state index contributed by atoms with van der Waals surface area (Å²) < 4.78 is 43.1. The summed E-state index contributed by atoms with van der Waals surface area (Å²) in [7, 11) is 0. The van der Waals surface area contributed by atoms with Crippen LogP contribution >= 0.6 is 0 Å². The third kappa shape index (κ3) is 4.22. The Bertz CT molecular complexity index is 320. The number of hydrogen-bond acceptors (Lipinski definition) is 2. The van der Waals surface area contributed by atoms with Crippen LogP contribution in [-0.2, 0) is 17.5 Å². The van der Waals surface area contributed by atoms with Crippen LogP contribution in [0.1, 0.15) is 19.5 Å². The van der Waals surface area contributed by atoms with Crippen LogP contribution in [0.3, 0.4) is 0 Å². The molecule has 0 saturated heterocycles. The predicted octanol–water partition coefficient (Wildman–Crippen LogP) is 2.57. The maximum absolute atomic E-state index is 12.2. The Hall–Kier alpha value is -1.04. The van der Waals surface area contributed by atoms with Crippen LogP contribution in [0.5, 0.6) is 0 Å². The number of alkyl halides is 3. The molecule has 0 radical (unpaired) electrons. The van der Waals surface area contributed by atoms with Crippen LogP contribution in [-0.4, -0.2) is 23.0 Å². The SMILES string of the molecule is CC(C)COCCn1ccc(C(F)(F)F)n1. The highest BCUT2D eigenvalue weighted by atomic mass is 19.4. The van der Waals surface area contributed by atoms with Gasteiger partial charge in [0.1, 0.15) is 0 Å². The zero-order valence-electron chi connectivity index (χ0n) is 9.29. The first-order valence-electron chi connectivity index (χ1n) is 5.08. The lowest BCUT2D eigenvalue weighted by Gasteiger charge is -2.06. The molecule has 0 aromatic carbocycles. The number of rotatable bonds is 5. The number of ether oxygens (including phenoxy) is 1. The third-order valence-corrected chi connectivity index (χ3v) is 1.85.